The van der Waals surface area contributed by atoms with E-state index in [1.807, 2.05) is 4.90 Å². The molecule has 1 N–H and O–H groups in total. The number of hydrogen-bond donors (Lipinski definition) is 1. The molecule has 1 amide bonds. The Balaban J connectivity index is 1.45. The van der Waals surface area contributed by atoms with E-state index in [9.17, 15) is 9.90 Å². The van der Waals surface area contributed by atoms with E-state index in [1.54, 1.807) is 12.1 Å². The summed E-state index contributed by atoms with van der Waals surface area (Å²) >= 11 is 12.5. The molecular formula is C19H24Cl2N2O3. The van der Waals surface area contributed by atoms with Crippen LogP contribution < -0.4 is 0 Å². The molecule has 0 bridgehead atoms. The molecule has 26 heavy (non-hydrogen) atoms. The number of amides is 1. The average Bonchev–Trinajstić information content (AvgIpc) is 3.14. The van der Waals surface area contributed by atoms with E-state index in [4.69, 9.17) is 27.9 Å². The van der Waals surface area contributed by atoms with Crippen molar-refractivity contribution in [1.29, 1.82) is 0 Å². The summed E-state index contributed by atoms with van der Waals surface area (Å²) in [6.45, 7) is 4.03. The summed E-state index contributed by atoms with van der Waals surface area (Å²) in [7, 11) is 0. The smallest absolute Gasteiger partial charge is 0.253 e. The van der Waals surface area contributed by atoms with Gasteiger partial charge in [-0.15, -0.1) is 0 Å². The third kappa shape index (κ3) is 3.42. The van der Waals surface area contributed by atoms with Crippen molar-refractivity contribution in [2.75, 3.05) is 32.8 Å². The Kier molecular flexibility index (Phi) is 5.33. The molecule has 0 aromatic heterocycles. The standard InChI is InChI=1S/C19H24Cl2N2O3/c20-14-3-4-15(24)17(18(14)21)12-5-8-23-13(9-12)11-26-16(19(23)25)10-22-6-1-2-7-22/h3-4,12-13,16,24H,1-2,5-11H2/t12-,13+,16?/m1/s1. The van der Waals surface area contributed by atoms with Gasteiger partial charge in [-0.3, -0.25) is 4.79 Å². The number of rotatable bonds is 3. The number of likely N-dealkylation sites (tertiary alicyclic amines) is 1. The first kappa shape index (κ1) is 18.4. The number of ether oxygens (including phenoxy) is 1. The number of fused-ring (bicyclic) bond motifs is 1. The lowest BCUT2D eigenvalue weighted by Crippen LogP contribution is -2.58. The minimum absolute atomic E-state index is 0.0329. The van der Waals surface area contributed by atoms with E-state index in [-0.39, 0.29) is 29.7 Å². The van der Waals surface area contributed by atoms with E-state index in [2.05, 4.69) is 4.90 Å². The number of hydrogen-bond acceptors (Lipinski definition) is 4. The molecular weight excluding hydrogens is 375 g/mol. The van der Waals surface area contributed by atoms with Crippen LogP contribution in [0, 0.1) is 0 Å². The maximum atomic E-state index is 12.9. The molecule has 0 aliphatic carbocycles. The van der Waals surface area contributed by atoms with Crippen molar-refractivity contribution >= 4 is 29.1 Å². The highest BCUT2D eigenvalue weighted by Gasteiger charge is 2.41. The molecule has 3 saturated heterocycles. The van der Waals surface area contributed by atoms with E-state index in [1.165, 1.54) is 12.8 Å². The lowest BCUT2D eigenvalue weighted by Gasteiger charge is -2.45. The van der Waals surface area contributed by atoms with Gasteiger partial charge in [0.1, 0.15) is 11.9 Å². The molecule has 0 radical (unpaired) electrons. The molecule has 3 aliphatic heterocycles. The van der Waals surface area contributed by atoms with Crippen LogP contribution in [0.3, 0.4) is 0 Å². The predicted octanol–water partition coefficient (Wildman–Crippen LogP) is 3.27. The van der Waals surface area contributed by atoms with Crippen LogP contribution in [0.5, 0.6) is 5.75 Å². The second kappa shape index (κ2) is 7.55. The third-order valence-corrected chi connectivity index (χ3v) is 6.72. The molecule has 0 saturated carbocycles. The van der Waals surface area contributed by atoms with Crippen LogP contribution in [0.1, 0.15) is 37.2 Å². The Labute approximate surface area is 163 Å². The zero-order chi connectivity index (χ0) is 18.3. The number of benzene rings is 1. The minimum atomic E-state index is -0.343. The highest BCUT2D eigenvalue weighted by atomic mass is 35.5. The van der Waals surface area contributed by atoms with Crippen LogP contribution in [0.2, 0.25) is 10.0 Å². The van der Waals surface area contributed by atoms with Crippen LogP contribution in [0.25, 0.3) is 0 Å². The van der Waals surface area contributed by atoms with Crippen molar-refractivity contribution in [3.8, 4) is 5.75 Å². The largest absolute Gasteiger partial charge is 0.508 e. The van der Waals surface area contributed by atoms with Crippen molar-refractivity contribution in [2.24, 2.45) is 0 Å². The zero-order valence-corrected chi connectivity index (χ0v) is 16.2. The van der Waals surface area contributed by atoms with Gasteiger partial charge in [-0.25, -0.2) is 0 Å². The fourth-order valence-corrected chi connectivity index (χ4v) is 5.00. The summed E-state index contributed by atoms with van der Waals surface area (Å²) < 4.78 is 5.94. The highest BCUT2D eigenvalue weighted by molar-refractivity contribution is 6.42. The van der Waals surface area contributed by atoms with Crippen molar-refractivity contribution in [2.45, 2.75) is 43.7 Å². The molecule has 1 unspecified atom stereocenters. The van der Waals surface area contributed by atoms with Crippen molar-refractivity contribution in [3.63, 3.8) is 0 Å². The van der Waals surface area contributed by atoms with Crippen molar-refractivity contribution < 1.29 is 14.6 Å². The molecule has 3 atom stereocenters. The maximum absolute atomic E-state index is 12.9. The topological polar surface area (TPSA) is 53.0 Å². The number of halogens is 2. The summed E-state index contributed by atoms with van der Waals surface area (Å²) in [5.41, 5.74) is 0.699. The van der Waals surface area contributed by atoms with E-state index >= 15 is 0 Å². The summed E-state index contributed by atoms with van der Waals surface area (Å²) in [4.78, 5) is 17.1. The molecule has 3 fully saturated rings. The average molecular weight is 399 g/mol. The molecule has 1 aromatic carbocycles. The monoisotopic (exact) mass is 398 g/mol. The number of aromatic hydroxyl groups is 1. The minimum Gasteiger partial charge on any atom is -0.508 e. The quantitative estimate of drug-likeness (QED) is 0.848. The van der Waals surface area contributed by atoms with E-state index in [0.29, 0.717) is 35.3 Å². The van der Waals surface area contributed by atoms with Crippen molar-refractivity contribution in [1.82, 2.24) is 9.80 Å². The van der Waals surface area contributed by atoms with Crippen LogP contribution in [-0.2, 0) is 9.53 Å². The van der Waals surface area contributed by atoms with Crippen LogP contribution in [-0.4, -0.2) is 65.7 Å². The molecule has 3 aliphatic rings. The van der Waals surface area contributed by atoms with Crippen LogP contribution in [0.15, 0.2) is 12.1 Å². The van der Waals surface area contributed by atoms with Gasteiger partial charge in [0.05, 0.1) is 22.7 Å². The van der Waals surface area contributed by atoms with Gasteiger partial charge in [-0.2, -0.15) is 0 Å². The first-order chi connectivity index (χ1) is 12.5. The number of carbonyl (C=O) groups excluding carboxylic acids is 1. The number of nitrogens with zero attached hydrogens (tertiary/aromatic N) is 2. The Hall–Kier alpha value is -1.01. The Morgan fingerprint density at radius 2 is 1.96 bits per heavy atom. The Bertz CT molecular complexity index is 694. The molecule has 1 aromatic rings. The van der Waals surface area contributed by atoms with Gasteiger partial charge in [0.2, 0.25) is 0 Å². The van der Waals surface area contributed by atoms with Gasteiger partial charge in [-0.05, 0) is 56.8 Å². The SMILES string of the molecule is O=C1C(CN2CCCC2)OC[C@@H]2C[C@H](c3c(O)ccc(Cl)c3Cl)CCN12. The van der Waals surface area contributed by atoms with Gasteiger partial charge >= 0.3 is 0 Å². The lowest BCUT2D eigenvalue weighted by molar-refractivity contribution is -0.164. The second-order valence-corrected chi connectivity index (χ2v) is 8.32. The third-order valence-electron chi connectivity index (χ3n) is 5.90. The van der Waals surface area contributed by atoms with Gasteiger partial charge in [0, 0.05) is 18.7 Å². The predicted molar refractivity (Wildman–Crippen MR) is 101 cm³/mol. The molecule has 4 rings (SSSR count). The maximum Gasteiger partial charge on any atom is 0.253 e. The number of phenolic OH excluding ortho intramolecular Hbond substituents is 1. The molecule has 5 nitrogen and oxygen atoms in total. The van der Waals surface area contributed by atoms with Gasteiger partial charge in [0.15, 0.2) is 0 Å². The first-order valence-electron chi connectivity index (χ1n) is 9.36. The molecule has 7 heteroatoms. The number of phenols is 1. The van der Waals surface area contributed by atoms with Crippen LogP contribution >= 0.6 is 23.2 Å². The summed E-state index contributed by atoms with van der Waals surface area (Å²) in [5.74, 6) is 0.356. The van der Waals surface area contributed by atoms with Gasteiger partial charge < -0.3 is 19.6 Å². The molecule has 142 valence electrons. The van der Waals surface area contributed by atoms with Crippen molar-refractivity contribution in [3.05, 3.63) is 27.7 Å². The second-order valence-electron chi connectivity index (χ2n) is 7.53. The van der Waals surface area contributed by atoms with E-state index in [0.717, 1.165) is 25.9 Å². The fraction of sp³-hybridized carbons (Fsp3) is 0.632. The summed E-state index contributed by atoms with van der Waals surface area (Å²) in [5, 5.41) is 11.1. The number of piperidine rings is 1. The normalized spacial score (nSPS) is 29.8. The van der Waals surface area contributed by atoms with Gasteiger partial charge in [-0.1, -0.05) is 23.2 Å². The summed E-state index contributed by atoms with van der Waals surface area (Å²) in [6.07, 6.45) is 3.57. The van der Waals surface area contributed by atoms with E-state index < -0.39 is 0 Å². The molecule has 3 heterocycles. The summed E-state index contributed by atoms with van der Waals surface area (Å²) in [6, 6.07) is 3.23. The lowest BCUT2D eigenvalue weighted by atomic mass is 9.84. The first-order valence-corrected chi connectivity index (χ1v) is 10.1. The Morgan fingerprint density at radius 1 is 1.19 bits per heavy atom. The number of morpholine rings is 1. The Morgan fingerprint density at radius 3 is 2.73 bits per heavy atom. The molecule has 0 spiro atoms. The zero-order valence-electron chi connectivity index (χ0n) is 14.7. The highest BCUT2D eigenvalue weighted by Crippen LogP contribution is 2.43. The fourth-order valence-electron chi connectivity index (χ4n) is 4.52. The number of carbonyl (C=O) groups is 1. The van der Waals surface area contributed by atoms with Crippen LogP contribution in [0.4, 0.5) is 0 Å². The van der Waals surface area contributed by atoms with Gasteiger partial charge in [0.25, 0.3) is 5.91 Å².